The molecule has 0 bridgehead atoms. The van der Waals surface area contributed by atoms with Crippen molar-refractivity contribution < 1.29 is 14.6 Å². The third-order valence-corrected chi connectivity index (χ3v) is 3.03. The van der Waals surface area contributed by atoms with Gasteiger partial charge in [-0.3, -0.25) is 0 Å². The fourth-order valence-corrected chi connectivity index (χ4v) is 1.55. The highest BCUT2D eigenvalue weighted by Gasteiger charge is 2.16. The van der Waals surface area contributed by atoms with Crippen LogP contribution < -0.4 is 0 Å². The fourth-order valence-electron chi connectivity index (χ4n) is 1.13. The van der Waals surface area contributed by atoms with Crippen molar-refractivity contribution in [3.05, 3.63) is 39.7 Å². The Labute approximate surface area is 130 Å². The summed E-state index contributed by atoms with van der Waals surface area (Å²) in [7, 11) is 0. The SMILES string of the molecule is CCOC(=O)/C(N=Nc1ccc(Cl)c(Cl)c1)=C(\O)CCl. The van der Waals surface area contributed by atoms with Crippen molar-refractivity contribution in [2.24, 2.45) is 10.2 Å². The van der Waals surface area contributed by atoms with Crippen LogP contribution in [0.15, 0.2) is 39.9 Å². The Balaban J connectivity index is 3.03. The van der Waals surface area contributed by atoms with Gasteiger partial charge in [-0.15, -0.1) is 16.7 Å². The number of hydrogen-bond donors (Lipinski definition) is 1. The molecule has 1 aromatic carbocycles. The van der Waals surface area contributed by atoms with E-state index < -0.39 is 11.7 Å². The van der Waals surface area contributed by atoms with E-state index in [2.05, 4.69) is 10.2 Å². The molecule has 0 aliphatic heterocycles. The van der Waals surface area contributed by atoms with Gasteiger partial charge in [0.2, 0.25) is 5.70 Å². The molecule has 0 saturated heterocycles. The molecule has 0 amide bonds. The van der Waals surface area contributed by atoms with Gasteiger partial charge in [0.25, 0.3) is 0 Å². The van der Waals surface area contributed by atoms with E-state index in [-0.39, 0.29) is 18.2 Å². The Morgan fingerprint density at radius 2 is 2.05 bits per heavy atom. The Morgan fingerprint density at radius 3 is 2.60 bits per heavy atom. The highest BCUT2D eigenvalue weighted by atomic mass is 35.5. The van der Waals surface area contributed by atoms with E-state index in [0.717, 1.165) is 0 Å². The van der Waals surface area contributed by atoms with Crippen LogP contribution in [0.25, 0.3) is 0 Å². The third-order valence-electron chi connectivity index (χ3n) is 2.04. The van der Waals surface area contributed by atoms with Crippen molar-refractivity contribution in [1.29, 1.82) is 0 Å². The second-order valence-corrected chi connectivity index (χ2v) is 4.53. The number of rotatable bonds is 5. The van der Waals surface area contributed by atoms with Gasteiger partial charge in [-0.25, -0.2) is 4.79 Å². The maximum absolute atomic E-state index is 11.6. The molecule has 0 aromatic heterocycles. The number of ether oxygens (including phenoxy) is 1. The summed E-state index contributed by atoms with van der Waals surface area (Å²) in [5.74, 6) is -1.52. The molecule has 0 saturated carbocycles. The van der Waals surface area contributed by atoms with E-state index in [1.54, 1.807) is 13.0 Å². The highest BCUT2D eigenvalue weighted by molar-refractivity contribution is 6.42. The van der Waals surface area contributed by atoms with Crippen LogP contribution in [0.1, 0.15) is 6.92 Å². The largest absolute Gasteiger partial charge is 0.508 e. The number of aliphatic hydroxyl groups excluding tert-OH is 1. The molecule has 0 heterocycles. The maximum atomic E-state index is 11.6. The average Bonchev–Trinajstić information content (AvgIpc) is 2.42. The van der Waals surface area contributed by atoms with Crippen LogP contribution in [-0.2, 0) is 9.53 Å². The lowest BCUT2D eigenvalue weighted by atomic mass is 10.3. The Bertz CT molecular complexity index is 559. The molecule has 1 aromatic rings. The predicted molar refractivity (Wildman–Crippen MR) is 78.0 cm³/mol. The van der Waals surface area contributed by atoms with Crippen LogP contribution in [0.2, 0.25) is 10.0 Å². The van der Waals surface area contributed by atoms with Gasteiger partial charge in [0, 0.05) is 0 Å². The molecule has 0 aliphatic rings. The number of alkyl halides is 1. The molecule has 0 aliphatic carbocycles. The van der Waals surface area contributed by atoms with Crippen LogP contribution in [-0.4, -0.2) is 23.6 Å². The molecule has 108 valence electrons. The lowest BCUT2D eigenvalue weighted by Crippen LogP contribution is -2.09. The molecule has 5 nitrogen and oxygen atoms in total. The number of halogens is 3. The molecular formula is C12H11Cl3N2O3. The molecule has 8 heteroatoms. The Kier molecular flexibility index (Phi) is 6.78. The lowest BCUT2D eigenvalue weighted by molar-refractivity contribution is -0.138. The molecule has 20 heavy (non-hydrogen) atoms. The van der Waals surface area contributed by atoms with E-state index in [9.17, 15) is 9.90 Å². The van der Waals surface area contributed by atoms with Crippen LogP contribution in [0, 0.1) is 0 Å². The number of esters is 1. The third kappa shape index (κ3) is 4.67. The second kappa shape index (κ2) is 8.09. The van der Waals surface area contributed by atoms with E-state index in [0.29, 0.717) is 15.7 Å². The maximum Gasteiger partial charge on any atom is 0.362 e. The summed E-state index contributed by atoms with van der Waals surface area (Å²) in [6.07, 6.45) is 0. The van der Waals surface area contributed by atoms with Crippen molar-refractivity contribution in [3.63, 3.8) is 0 Å². The second-order valence-electron chi connectivity index (χ2n) is 3.45. The minimum absolute atomic E-state index is 0.139. The quantitative estimate of drug-likeness (QED) is 0.279. The highest BCUT2D eigenvalue weighted by Crippen LogP contribution is 2.27. The Hall–Kier alpha value is -1.30. The number of azo groups is 1. The number of hydrogen-bond acceptors (Lipinski definition) is 5. The summed E-state index contributed by atoms with van der Waals surface area (Å²) < 4.78 is 4.74. The minimum atomic E-state index is -0.811. The summed E-state index contributed by atoms with van der Waals surface area (Å²) in [5, 5.41) is 17.6. The van der Waals surface area contributed by atoms with Gasteiger partial charge in [0.05, 0.1) is 28.2 Å². The average molecular weight is 338 g/mol. The first-order valence-electron chi connectivity index (χ1n) is 5.51. The van der Waals surface area contributed by atoms with Crippen molar-refractivity contribution in [2.45, 2.75) is 6.92 Å². The normalized spacial score (nSPS) is 12.4. The number of benzene rings is 1. The predicted octanol–water partition coefficient (Wildman–Crippen LogP) is 4.65. The van der Waals surface area contributed by atoms with Gasteiger partial charge >= 0.3 is 5.97 Å². The van der Waals surface area contributed by atoms with Crippen LogP contribution in [0.3, 0.4) is 0 Å². The standard InChI is InChI=1S/C12H11Cl3N2O3/c1-2-20-12(19)11(10(18)6-13)17-16-7-3-4-8(14)9(15)5-7/h3-5,18H,2,6H2,1H3/b11-10+,17-16?. The summed E-state index contributed by atoms with van der Waals surface area (Å²) in [6.45, 7) is 1.77. The number of allylic oxidation sites excluding steroid dienone is 1. The van der Waals surface area contributed by atoms with Gasteiger partial charge in [0.15, 0.2) is 0 Å². The van der Waals surface area contributed by atoms with Crippen molar-refractivity contribution >= 4 is 46.5 Å². The van der Waals surface area contributed by atoms with Gasteiger partial charge in [-0.05, 0) is 25.1 Å². The van der Waals surface area contributed by atoms with Crippen LogP contribution >= 0.6 is 34.8 Å². The molecule has 1 N–H and O–H groups in total. The smallest absolute Gasteiger partial charge is 0.362 e. The molecule has 0 spiro atoms. The zero-order chi connectivity index (χ0) is 15.1. The lowest BCUT2D eigenvalue weighted by Gasteiger charge is -2.03. The van der Waals surface area contributed by atoms with Gasteiger partial charge < -0.3 is 9.84 Å². The summed E-state index contributed by atoms with van der Waals surface area (Å²) in [5.41, 5.74) is 0.0106. The first-order valence-corrected chi connectivity index (χ1v) is 6.80. The number of carbonyl (C=O) groups is 1. The van der Waals surface area contributed by atoms with Crippen LogP contribution in [0.4, 0.5) is 5.69 Å². The summed E-state index contributed by atoms with van der Waals surface area (Å²) in [6, 6.07) is 4.56. The molecule has 0 atom stereocenters. The zero-order valence-corrected chi connectivity index (χ0v) is 12.7. The van der Waals surface area contributed by atoms with E-state index in [1.165, 1.54) is 12.1 Å². The summed E-state index contributed by atoms with van der Waals surface area (Å²) >= 11 is 17.0. The van der Waals surface area contributed by atoms with Crippen molar-refractivity contribution in [1.82, 2.24) is 0 Å². The molecule has 0 unspecified atom stereocenters. The van der Waals surface area contributed by atoms with Gasteiger partial charge in [-0.1, -0.05) is 23.2 Å². The molecular weight excluding hydrogens is 327 g/mol. The topological polar surface area (TPSA) is 71.2 Å². The fraction of sp³-hybridized carbons (Fsp3) is 0.250. The Morgan fingerprint density at radius 1 is 1.35 bits per heavy atom. The first-order chi connectivity index (χ1) is 9.49. The summed E-state index contributed by atoms with van der Waals surface area (Å²) in [4.78, 5) is 11.6. The van der Waals surface area contributed by atoms with Crippen LogP contribution in [0.5, 0.6) is 0 Å². The number of carbonyl (C=O) groups excluding carboxylic acids is 1. The number of nitrogens with zero attached hydrogens (tertiary/aromatic N) is 2. The van der Waals surface area contributed by atoms with Crippen molar-refractivity contribution in [2.75, 3.05) is 12.5 Å². The zero-order valence-electron chi connectivity index (χ0n) is 10.4. The minimum Gasteiger partial charge on any atom is -0.508 e. The van der Waals surface area contributed by atoms with Gasteiger partial charge in [0.1, 0.15) is 5.76 Å². The molecule has 1 rings (SSSR count). The van der Waals surface area contributed by atoms with E-state index in [1.807, 2.05) is 0 Å². The first kappa shape index (κ1) is 16.8. The van der Waals surface area contributed by atoms with E-state index in [4.69, 9.17) is 39.5 Å². The number of aliphatic hydroxyl groups is 1. The van der Waals surface area contributed by atoms with Gasteiger partial charge in [-0.2, -0.15) is 5.11 Å². The molecule has 0 radical (unpaired) electrons. The van der Waals surface area contributed by atoms with E-state index >= 15 is 0 Å². The van der Waals surface area contributed by atoms with Crippen molar-refractivity contribution in [3.8, 4) is 0 Å². The molecule has 0 fully saturated rings. The monoisotopic (exact) mass is 336 g/mol.